The molecule has 15 heavy (non-hydrogen) atoms. The van der Waals surface area contributed by atoms with E-state index in [1.54, 1.807) is 0 Å². The Bertz CT molecular complexity index is 178. The van der Waals surface area contributed by atoms with E-state index in [9.17, 15) is 4.79 Å². The highest BCUT2D eigenvalue weighted by molar-refractivity contribution is 9.09. The number of hydrogen-bond donors (Lipinski definition) is 1. The van der Waals surface area contributed by atoms with E-state index >= 15 is 0 Å². The van der Waals surface area contributed by atoms with E-state index < -0.39 is 0 Å². The molecule has 0 aliphatic heterocycles. The van der Waals surface area contributed by atoms with Crippen molar-refractivity contribution in [2.24, 2.45) is 0 Å². The lowest BCUT2D eigenvalue weighted by Crippen LogP contribution is -2.46. The van der Waals surface area contributed by atoms with E-state index in [1.165, 1.54) is 19.3 Å². The van der Waals surface area contributed by atoms with Gasteiger partial charge in [0.25, 0.3) is 0 Å². The largest absolute Gasteiger partial charge is 0.350 e. The summed E-state index contributed by atoms with van der Waals surface area (Å²) < 4.78 is 0. The average molecular weight is 278 g/mol. The monoisotopic (exact) mass is 277 g/mol. The molecule has 0 saturated carbocycles. The van der Waals surface area contributed by atoms with Crippen molar-refractivity contribution in [1.82, 2.24) is 5.32 Å². The second-order valence-corrected chi connectivity index (χ2v) is 4.97. The van der Waals surface area contributed by atoms with Crippen molar-refractivity contribution in [3.63, 3.8) is 0 Å². The zero-order valence-corrected chi connectivity index (χ0v) is 11.8. The Balaban J connectivity index is 3.72. The molecule has 0 aliphatic carbocycles. The van der Waals surface area contributed by atoms with Crippen LogP contribution >= 0.6 is 15.9 Å². The number of carbonyl (C=O) groups is 1. The smallest absolute Gasteiger partial charge is 0.220 e. The number of rotatable bonds is 8. The number of amides is 1. The van der Waals surface area contributed by atoms with Crippen LogP contribution in [0.1, 0.15) is 59.3 Å². The molecule has 1 amide bonds. The van der Waals surface area contributed by atoms with Crippen LogP contribution in [0.5, 0.6) is 0 Å². The summed E-state index contributed by atoms with van der Waals surface area (Å²) >= 11 is 3.44. The minimum Gasteiger partial charge on any atom is -0.350 e. The van der Waals surface area contributed by atoms with Crippen molar-refractivity contribution >= 4 is 21.8 Å². The topological polar surface area (TPSA) is 29.1 Å². The summed E-state index contributed by atoms with van der Waals surface area (Å²) in [6.07, 6.45) is 6.26. The molecular weight excluding hydrogens is 254 g/mol. The molecule has 1 atom stereocenters. The zero-order chi connectivity index (χ0) is 11.7. The predicted molar refractivity (Wildman–Crippen MR) is 69.4 cm³/mol. The van der Waals surface area contributed by atoms with E-state index in [1.807, 2.05) is 0 Å². The fourth-order valence-electron chi connectivity index (χ4n) is 1.33. The summed E-state index contributed by atoms with van der Waals surface area (Å²) in [7, 11) is 0. The van der Waals surface area contributed by atoms with Gasteiger partial charge in [-0.3, -0.25) is 4.79 Å². The van der Waals surface area contributed by atoms with Crippen LogP contribution < -0.4 is 5.32 Å². The van der Waals surface area contributed by atoms with Crippen LogP contribution in [0, 0.1) is 0 Å². The minimum atomic E-state index is -0.0815. The van der Waals surface area contributed by atoms with Crippen molar-refractivity contribution in [3.05, 3.63) is 0 Å². The van der Waals surface area contributed by atoms with Crippen molar-refractivity contribution in [2.45, 2.75) is 64.8 Å². The van der Waals surface area contributed by atoms with Crippen LogP contribution in [-0.4, -0.2) is 16.8 Å². The SMILES string of the molecule is CCCCCCC(=O)NC(C)(CC)CBr. The molecule has 3 heteroatoms. The molecule has 0 aromatic carbocycles. The van der Waals surface area contributed by atoms with Gasteiger partial charge in [-0.25, -0.2) is 0 Å². The first kappa shape index (κ1) is 14.9. The van der Waals surface area contributed by atoms with Crippen molar-refractivity contribution in [2.75, 3.05) is 5.33 Å². The lowest BCUT2D eigenvalue weighted by molar-refractivity contribution is -0.122. The number of nitrogens with one attached hydrogen (secondary N) is 1. The van der Waals surface area contributed by atoms with Gasteiger partial charge in [0.1, 0.15) is 0 Å². The first-order valence-corrected chi connectivity index (χ1v) is 7.07. The average Bonchev–Trinajstić information content (AvgIpc) is 2.24. The van der Waals surface area contributed by atoms with Crippen molar-refractivity contribution in [3.8, 4) is 0 Å². The fraction of sp³-hybridized carbons (Fsp3) is 0.917. The Morgan fingerprint density at radius 2 is 1.93 bits per heavy atom. The van der Waals surface area contributed by atoms with Crippen molar-refractivity contribution in [1.29, 1.82) is 0 Å². The lowest BCUT2D eigenvalue weighted by Gasteiger charge is -2.27. The maximum Gasteiger partial charge on any atom is 0.220 e. The molecule has 2 nitrogen and oxygen atoms in total. The number of hydrogen-bond acceptors (Lipinski definition) is 1. The Morgan fingerprint density at radius 3 is 2.40 bits per heavy atom. The molecule has 0 aliphatic rings. The Morgan fingerprint density at radius 1 is 1.27 bits per heavy atom. The van der Waals surface area contributed by atoms with Gasteiger partial charge in [0.05, 0.1) is 0 Å². The minimum absolute atomic E-state index is 0.0815. The third kappa shape index (κ3) is 6.93. The number of alkyl halides is 1. The van der Waals surface area contributed by atoms with Crippen molar-refractivity contribution < 1.29 is 4.79 Å². The van der Waals surface area contributed by atoms with Crippen LogP contribution in [0.4, 0.5) is 0 Å². The highest BCUT2D eigenvalue weighted by Gasteiger charge is 2.22. The second-order valence-electron chi connectivity index (χ2n) is 4.41. The Kier molecular flexibility index (Phi) is 8.12. The zero-order valence-electron chi connectivity index (χ0n) is 10.2. The molecule has 90 valence electrons. The fourth-order valence-corrected chi connectivity index (χ4v) is 1.86. The van der Waals surface area contributed by atoms with Crippen LogP contribution in [0.3, 0.4) is 0 Å². The Labute approximate surface area is 102 Å². The van der Waals surface area contributed by atoms with E-state index in [0.29, 0.717) is 6.42 Å². The van der Waals surface area contributed by atoms with Gasteiger partial charge >= 0.3 is 0 Å². The summed E-state index contributed by atoms with van der Waals surface area (Å²) in [5.41, 5.74) is -0.0815. The lowest BCUT2D eigenvalue weighted by atomic mass is 10.0. The maximum absolute atomic E-state index is 11.6. The highest BCUT2D eigenvalue weighted by Crippen LogP contribution is 2.13. The molecule has 1 N–H and O–H groups in total. The molecule has 0 spiro atoms. The quantitative estimate of drug-likeness (QED) is 0.533. The highest BCUT2D eigenvalue weighted by atomic mass is 79.9. The molecule has 0 heterocycles. The molecule has 0 rings (SSSR count). The van der Waals surface area contributed by atoms with Crippen LogP contribution in [0.15, 0.2) is 0 Å². The van der Waals surface area contributed by atoms with E-state index in [-0.39, 0.29) is 11.4 Å². The number of carbonyl (C=O) groups excluding carboxylic acids is 1. The van der Waals surface area contributed by atoms with Gasteiger partial charge in [-0.15, -0.1) is 0 Å². The molecule has 0 aromatic heterocycles. The van der Waals surface area contributed by atoms with Crippen LogP contribution in [0.25, 0.3) is 0 Å². The Hall–Kier alpha value is -0.0500. The maximum atomic E-state index is 11.6. The van der Waals surface area contributed by atoms with Gasteiger partial charge in [0, 0.05) is 17.3 Å². The summed E-state index contributed by atoms with van der Waals surface area (Å²) in [6.45, 7) is 6.35. The van der Waals surface area contributed by atoms with Crippen LogP contribution in [0.2, 0.25) is 0 Å². The summed E-state index contributed by atoms with van der Waals surface area (Å²) in [4.78, 5) is 11.6. The third-order valence-electron chi connectivity index (χ3n) is 2.77. The second kappa shape index (κ2) is 8.14. The molecule has 1 unspecified atom stereocenters. The van der Waals surface area contributed by atoms with E-state index in [0.717, 1.165) is 18.2 Å². The van der Waals surface area contributed by atoms with Gasteiger partial charge in [-0.1, -0.05) is 49.0 Å². The molecular formula is C12H24BrNO. The molecule has 0 saturated heterocycles. The molecule has 0 bridgehead atoms. The molecule has 0 radical (unpaired) electrons. The van der Waals surface area contributed by atoms with Gasteiger partial charge in [0.15, 0.2) is 0 Å². The van der Waals surface area contributed by atoms with E-state index in [2.05, 4.69) is 42.0 Å². The van der Waals surface area contributed by atoms with Gasteiger partial charge < -0.3 is 5.32 Å². The van der Waals surface area contributed by atoms with Crippen LogP contribution in [-0.2, 0) is 4.79 Å². The number of halogens is 1. The first-order valence-electron chi connectivity index (χ1n) is 5.95. The summed E-state index contributed by atoms with van der Waals surface area (Å²) in [5.74, 6) is 0.190. The first-order chi connectivity index (χ1) is 7.08. The van der Waals surface area contributed by atoms with Gasteiger partial charge in [-0.05, 0) is 19.8 Å². The summed E-state index contributed by atoms with van der Waals surface area (Å²) in [5, 5.41) is 3.90. The standard InChI is InChI=1S/C12H24BrNO/c1-4-6-7-8-9-11(15)14-12(3,5-2)10-13/h4-10H2,1-3H3,(H,14,15). The third-order valence-corrected chi connectivity index (χ3v) is 4.01. The van der Waals surface area contributed by atoms with E-state index in [4.69, 9.17) is 0 Å². The van der Waals surface area contributed by atoms with Gasteiger partial charge in [-0.2, -0.15) is 0 Å². The number of unbranched alkanes of at least 4 members (excludes halogenated alkanes) is 3. The summed E-state index contributed by atoms with van der Waals surface area (Å²) in [6, 6.07) is 0. The predicted octanol–water partition coefficient (Wildman–Crippen LogP) is 3.64. The normalized spacial score (nSPS) is 14.7. The molecule has 0 fully saturated rings. The molecule has 0 aromatic rings. The van der Waals surface area contributed by atoms with Gasteiger partial charge in [0.2, 0.25) is 5.91 Å².